The highest BCUT2D eigenvalue weighted by atomic mass is 127. The van der Waals surface area contributed by atoms with E-state index in [4.69, 9.17) is 0 Å². The van der Waals surface area contributed by atoms with Crippen LogP contribution in [0.25, 0.3) is 0 Å². The van der Waals surface area contributed by atoms with Gasteiger partial charge in [-0.15, -0.1) is 24.0 Å². The van der Waals surface area contributed by atoms with Gasteiger partial charge in [-0.25, -0.2) is 0 Å². The van der Waals surface area contributed by atoms with Crippen LogP contribution in [0.4, 0.5) is 0 Å². The van der Waals surface area contributed by atoms with E-state index < -0.39 is 0 Å². The molecule has 1 atom stereocenters. The standard InChI is InChI=1S/C11H16N4.HI/c1-9-7-14-11(15-9)13-6-4-10-3-2-5-12-8-10;/h2-3,5,8-9H,4,6-7H2,1H3,(H2,13,14,15);1H. The fourth-order valence-corrected chi connectivity index (χ4v) is 1.53. The molecule has 4 nitrogen and oxygen atoms in total. The van der Waals surface area contributed by atoms with Gasteiger partial charge in [0.25, 0.3) is 0 Å². The Labute approximate surface area is 113 Å². The molecular weight excluding hydrogens is 315 g/mol. The summed E-state index contributed by atoms with van der Waals surface area (Å²) in [5.41, 5.74) is 1.25. The van der Waals surface area contributed by atoms with Crippen molar-refractivity contribution < 1.29 is 0 Å². The van der Waals surface area contributed by atoms with E-state index in [1.165, 1.54) is 5.56 Å². The molecule has 1 aliphatic rings. The molecule has 0 bridgehead atoms. The van der Waals surface area contributed by atoms with Gasteiger partial charge in [-0.2, -0.15) is 0 Å². The molecule has 16 heavy (non-hydrogen) atoms. The van der Waals surface area contributed by atoms with E-state index in [9.17, 15) is 0 Å². The molecule has 0 radical (unpaired) electrons. The molecule has 0 saturated carbocycles. The number of hydrogen-bond donors (Lipinski definition) is 2. The Morgan fingerprint density at radius 3 is 3.06 bits per heavy atom. The van der Waals surface area contributed by atoms with E-state index in [1.807, 2.05) is 12.3 Å². The van der Waals surface area contributed by atoms with Crippen LogP contribution >= 0.6 is 24.0 Å². The lowest BCUT2D eigenvalue weighted by Crippen LogP contribution is -2.38. The topological polar surface area (TPSA) is 49.3 Å². The zero-order valence-corrected chi connectivity index (χ0v) is 11.6. The van der Waals surface area contributed by atoms with Crippen molar-refractivity contribution in [1.29, 1.82) is 0 Å². The van der Waals surface area contributed by atoms with Gasteiger partial charge in [-0.1, -0.05) is 6.07 Å². The Hall–Kier alpha value is -0.850. The summed E-state index contributed by atoms with van der Waals surface area (Å²) >= 11 is 0. The third-order valence-electron chi connectivity index (χ3n) is 2.34. The Balaban J connectivity index is 0.00000128. The lowest BCUT2D eigenvalue weighted by atomic mass is 10.2. The third-order valence-corrected chi connectivity index (χ3v) is 2.34. The maximum atomic E-state index is 4.33. The molecule has 0 amide bonds. The van der Waals surface area contributed by atoms with Crippen LogP contribution in [0.15, 0.2) is 29.5 Å². The molecule has 1 aromatic rings. The normalized spacial score (nSPS) is 18.3. The second-order valence-corrected chi connectivity index (χ2v) is 3.77. The first kappa shape index (κ1) is 13.2. The van der Waals surface area contributed by atoms with Gasteiger partial charge < -0.3 is 10.6 Å². The minimum absolute atomic E-state index is 0. The second-order valence-electron chi connectivity index (χ2n) is 3.77. The van der Waals surface area contributed by atoms with Gasteiger partial charge in [0.05, 0.1) is 6.54 Å². The summed E-state index contributed by atoms with van der Waals surface area (Å²) < 4.78 is 0. The molecule has 1 aromatic heterocycles. The summed E-state index contributed by atoms with van der Waals surface area (Å²) in [5.74, 6) is 0.923. The molecule has 0 aliphatic carbocycles. The van der Waals surface area contributed by atoms with Crippen molar-refractivity contribution in [2.24, 2.45) is 4.99 Å². The fourth-order valence-electron chi connectivity index (χ4n) is 1.53. The predicted octanol–water partition coefficient (Wildman–Crippen LogP) is 1.18. The van der Waals surface area contributed by atoms with Gasteiger partial charge in [0, 0.05) is 25.0 Å². The van der Waals surface area contributed by atoms with Crippen molar-refractivity contribution >= 4 is 29.9 Å². The maximum Gasteiger partial charge on any atom is 0.191 e. The highest BCUT2D eigenvalue weighted by Crippen LogP contribution is 1.96. The van der Waals surface area contributed by atoms with Crippen molar-refractivity contribution in [3.63, 3.8) is 0 Å². The van der Waals surface area contributed by atoms with E-state index in [-0.39, 0.29) is 24.0 Å². The van der Waals surface area contributed by atoms with Crippen molar-refractivity contribution in [2.75, 3.05) is 13.1 Å². The monoisotopic (exact) mass is 332 g/mol. The molecule has 0 fully saturated rings. The average Bonchev–Trinajstić information content (AvgIpc) is 2.66. The summed E-state index contributed by atoms with van der Waals surface area (Å²) in [7, 11) is 0. The van der Waals surface area contributed by atoms with Gasteiger partial charge in [0.2, 0.25) is 0 Å². The lowest BCUT2D eigenvalue weighted by Gasteiger charge is -2.08. The zero-order chi connectivity index (χ0) is 10.5. The molecule has 2 N–H and O–H groups in total. The molecule has 0 spiro atoms. The SMILES string of the molecule is CC1CN=C(NCCc2cccnc2)N1.I. The van der Waals surface area contributed by atoms with Crippen LogP contribution in [-0.2, 0) is 6.42 Å². The van der Waals surface area contributed by atoms with Crippen molar-refractivity contribution in [3.8, 4) is 0 Å². The van der Waals surface area contributed by atoms with Crippen LogP contribution in [0, 0.1) is 0 Å². The van der Waals surface area contributed by atoms with Crippen molar-refractivity contribution in [3.05, 3.63) is 30.1 Å². The summed E-state index contributed by atoms with van der Waals surface area (Å²) in [6.45, 7) is 3.89. The summed E-state index contributed by atoms with van der Waals surface area (Å²) in [6, 6.07) is 4.51. The molecule has 2 rings (SSSR count). The number of nitrogens with one attached hydrogen (secondary N) is 2. The maximum absolute atomic E-state index is 4.33. The van der Waals surface area contributed by atoms with Gasteiger partial charge in [0.1, 0.15) is 0 Å². The van der Waals surface area contributed by atoms with Crippen LogP contribution in [0.2, 0.25) is 0 Å². The predicted molar refractivity (Wildman–Crippen MR) is 76.3 cm³/mol. The Morgan fingerprint density at radius 1 is 1.56 bits per heavy atom. The first-order valence-corrected chi connectivity index (χ1v) is 5.28. The van der Waals surface area contributed by atoms with Gasteiger partial charge in [0.15, 0.2) is 5.96 Å². The molecule has 1 aliphatic heterocycles. The number of nitrogens with zero attached hydrogens (tertiary/aromatic N) is 2. The highest BCUT2D eigenvalue weighted by Gasteiger charge is 2.10. The number of aromatic nitrogens is 1. The average molecular weight is 332 g/mol. The minimum Gasteiger partial charge on any atom is -0.356 e. The fraction of sp³-hybridized carbons (Fsp3) is 0.455. The van der Waals surface area contributed by atoms with Gasteiger partial charge in [-0.3, -0.25) is 9.98 Å². The molecule has 0 aromatic carbocycles. The van der Waals surface area contributed by atoms with E-state index in [1.54, 1.807) is 6.20 Å². The molecule has 1 unspecified atom stereocenters. The quantitative estimate of drug-likeness (QED) is 0.818. The molecule has 88 valence electrons. The largest absolute Gasteiger partial charge is 0.356 e. The molecule has 5 heteroatoms. The van der Waals surface area contributed by atoms with Crippen LogP contribution in [0.1, 0.15) is 12.5 Å². The summed E-state index contributed by atoms with van der Waals surface area (Å²) in [5, 5.41) is 6.53. The zero-order valence-electron chi connectivity index (χ0n) is 9.31. The van der Waals surface area contributed by atoms with E-state index in [0.717, 1.165) is 25.5 Å². The number of guanidine groups is 1. The molecule has 2 heterocycles. The lowest BCUT2D eigenvalue weighted by molar-refractivity contribution is 0.712. The number of halogens is 1. The van der Waals surface area contributed by atoms with Gasteiger partial charge in [-0.05, 0) is 25.0 Å². The molecular formula is C11H17IN4. The van der Waals surface area contributed by atoms with Gasteiger partial charge >= 0.3 is 0 Å². The highest BCUT2D eigenvalue weighted by molar-refractivity contribution is 14.0. The summed E-state index contributed by atoms with van der Waals surface area (Å²) in [4.78, 5) is 8.40. The second kappa shape index (κ2) is 6.67. The Bertz CT molecular complexity index is 339. The van der Waals surface area contributed by atoms with Crippen molar-refractivity contribution in [2.45, 2.75) is 19.4 Å². The van der Waals surface area contributed by atoms with Crippen LogP contribution in [0.3, 0.4) is 0 Å². The van der Waals surface area contributed by atoms with E-state index >= 15 is 0 Å². The first-order valence-electron chi connectivity index (χ1n) is 5.28. The number of aliphatic imine (C=N–C) groups is 1. The van der Waals surface area contributed by atoms with E-state index in [2.05, 4.69) is 33.6 Å². The van der Waals surface area contributed by atoms with E-state index in [0.29, 0.717) is 6.04 Å². The summed E-state index contributed by atoms with van der Waals surface area (Å²) in [6.07, 6.45) is 4.67. The van der Waals surface area contributed by atoms with Crippen molar-refractivity contribution in [1.82, 2.24) is 15.6 Å². The first-order chi connectivity index (χ1) is 7.34. The van der Waals surface area contributed by atoms with Crippen LogP contribution < -0.4 is 10.6 Å². The van der Waals surface area contributed by atoms with Crippen LogP contribution in [0.5, 0.6) is 0 Å². The Morgan fingerprint density at radius 2 is 2.44 bits per heavy atom. The number of rotatable bonds is 3. The Kier molecular flexibility index (Phi) is 5.51. The minimum atomic E-state index is 0. The van der Waals surface area contributed by atoms with Crippen LogP contribution in [-0.4, -0.2) is 30.1 Å². The number of pyridine rings is 1. The smallest absolute Gasteiger partial charge is 0.191 e. The third kappa shape index (κ3) is 3.96. The molecule has 0 saturated heterocycles. The number of hydrogen-bond acceptors (Lipinski definition) is 4.